The van der Waals surface area contributed by atoms with E-state index in [1.54, 1.807) is 42.6 Å². The lowest BCUT2D eigenvalue weighted by molar-refractivity contribution is -0.118. The summed E-state index contributed by atoms with van der Waals surface area (Å²) in [5, 5.41) is 1.12. The highest BCUT2D eigenvalue weighted by Gasteiger charge is 2.37. The molecule has 1 amide bonds. The monoisotopic (exact) mass is 539 g/mol. The molecule has 4 aromatic rings. The van der Waals surface area contributed by atoms with Gasteiger partial charge < -0.3 is 4.90 Å². The van der Waals surface area contributed by atoms with Gasteiger partial charge in [0.05, 0.1) is 15.5 Å². The summed E-state index contributed by atoms with van der Waals surface area (Å²) < 4.78 is 68.3. The number of hydrogen-bond acceptors (Lipinski definition) is 6. The van der Waals surface area contributed by atoms with Crippen molar-refractivity contribution in [3.05, 3.63) is 84.9 Å². The molecule has 1 atom stereocenters. The van der Waals surface area contributed by atoms with E-state index in [9.17, 15) is 21.6 Å². The lowest BCUT2D eigenvalue weighted by atomic mass is 10.0. The van der Waals surface area contributed by atoms with E-state index in [0.717, 1.165) is 6.26 Å². The van der Waals surface area contributed by atoms with Crippen molar-refractivity contribution in [2.24, 2.45) is 0 Å². The van der Waals surface area contributed by atoms with Crippen LogP contribution in [-0.4, -0.2) is 46.6 Å². The summed E-state index contributed by atoms with van der Waals surface area (Å²) in [5.41, 5.74) is 0.680. The van der Waals surface area contributed by atoms with Crippen LogP contribution in [0.1, 0.15) is 6.42 Å². The number of carbonyl (C=O) groups is 1. The van der Waals surface area contributed by atoms with Gasteiger partial charge in [-0.05, 0) is 42.3 Å². The van der Waals surface area contributed by atoms with Crippen molar-refractivity contribution in [1.29, 1.82) is 0 Å². The Kier molecular flexibility index (Phi) is 6.30. The zero-order valence-corrected chi connectivity index (χ0v) is 21.3. The van der Waals surface area contributed by atoms with Crippen LogP contribution in [0.3, 0.4) is 0 Å². The average Bonchev–Trinajstić information content (AvgIpc) is 3.22. The molecule has 0 bridgehead atoms. The van der Waals surface area contributed by atoms with E-state index in [1.165, 1.54) is 41.4 Å². The molecule has 3 aromatic carbocycles. The molecule has 1 aromatic heterocycles. The Morgan fingerprint density at radius 3 is 2.49 bits per heavy atom. The summed E-state index contributed by atoms with van der Waals surface area (Å²) in [5.74, 6) is -1.30. The van der Waals surface area contributed by atoms with Gasteiger partial charge in [-0.1, -0.05) is 36.4 Å². The van der Waals surface area contributed by atoms with Gasteiger partial charge in [-0.3, -0.25) is 9.78 Å². The summed E-state index contributed by atoms with van der Waals surface area (Å²) in [7, 11) is -7.60. The van der Waals surface area contributed by atoms with Gasteiger partial charge in [-0.25, -0.2) is 21.2 Å². The van der Waals surface area contributed by atoms with Crippen molar-refractivity contribution in [2.45, 2.75) is 22.3 Å². The number of benzene rings is 3. The zero-order valence-electron chi connectivity index (χ0n) is 19.6. The highest BCUT2D eigenvalue weighted by Crippen LogP contribution is 2.33. The third-order valence-electron chi connectivity index (χ3n) is 6.27. The SMILES string of the molecule is CS(=O)(=O)c1ccccc1-c1ccc(N2CCC(NS(=O)(=O)c3cccc4cnccc34)C2=O)c(F)c1. The fourth-order valence-electron chi connectivity index (χ4n) is 4.53. The largest absolute Gasteiger partial charge is 0.308 e. The minimum absolute atomic E-state index is 0.0106. The number of nitrogens with zero attached hydrogens (tertiary/aromatic N) is 2. The Labute approximate surface area is 213 Å². The summed E-state index contributed by atoms with van der Waals surface area (Å²) in [6, 6.07) is 15.7. The van der Waals surface area contributed by atoms with Crippen molar-refractivity contribution in [3.8, 4) is 11.1 Å². The van der Waals surface area contributed by atoms with E-state index < -0.39 is 37.6 Å². The number of sulfone groups is 1. The third-order valence-corrected chi connectivity index (χ3v) is 8.95. The van der Waals surface area contributed by atoms with Crippen molar-refractivity contribution < 1.29 is 26.0 Å². The number of aromatic nitrogens is 1. The molecule has 2 heterocycles. The molecule has 1 saturated heterocycles. The van der Waals surface area contributed by atoms with Crippen LogP contribution in [-0.2, 0) is 24.7 Å². The van der Waals surface area contributed by atoms with Gasteiger partial charge in [0.15, 0.2) is 9.84 Å². The molecule has 1 N–H and O–H groups in total. The van der Waals surface area contributed by atoms with Gasteiger partial charge in [0.25, 0.3) is 0 Å². The Morgan fingerprint density at radius 2 is 1.73 bits per heavy atom. The Hall–Kier alpha value is -3.67. The summed E-state index contributed by atoms with van der Waals surface area (Å²) in [6.45, 7) is 0.113. The molecule has 11 heteroatoms. The first-order chi connectivity index (χ1) is 17.6. The van der Waals surface area contributed by atoms with Crippen LogP contribution >= 0.6 is 0 Å². The van der Waals surface area contributed by atoms with E-state index in [4.69, 9.17) is 0 Å². The van der Waals surface area contributed by atoms with Gasteiger partial charge >= 0.3 is 0 Å². The zero-order chi connectivity index (χ0) is 26.4. The van der Waals surface area contributed by atoms with Crippen LogP contribution < -0.4 is 9.62 Å². The molecular formula is C26H22FN3O5S2. The summed E-state index contributed by atoms with van der Waals surface area (Å²) >= 11 is 0. The number of rotatable bonds is 6. The van der Waals surface area contributed by atoms with Crippen LogP contribution in [0.5, 0.6) is 0 Å². The molecule has 1 unspecified atom stereocenters. The number of nitrogens with one attached hydrogen (secondary N) is 1. The first-order valence-electron chi connectivity index (χ1n) is 11.3. The van der Waals surface area contributed by atoms with Gasteiger partial charge in [-0.15, -0.1) is 0 Å². The highest BCUT2D eigenvalue weighted by molar-refractivity contribution is 7.91. The highest BCUT2D eigenvalue weighted by atomic mass is 32.2. The average molecular weight is 540 g/mol. The molecule has 190 valence electrons. The Balaban J connectivity index is 1.40. The summed E-state index contributed by atoms with van der Waals surface area (Å²) in [6.07, 6.45) is 4.28. The number of amides is 1. The van der Waals surface area contributed by atoms with E-state index in [2.05, 4.69) is 9.71 Å². The third kappa shape index (κ3) is 4.73. The number of pyridine rings is 1. The number of carbonyl (C=O) groups excluding carboxylic acids is 1. The second-order valence-corrected chi connectivity index (χ2v) is 12.4. The minimum Gasteiger partial charge on any atom is -0.308 e. The number of halogens is 1. The van der Waals surface area contributed by atoms with Gasteiger partial charge in [-0.2, -0.15) is 4.72 Å². The second kappa shape index (κ2) is 9.33. The first kappa shape index (κ1) is 25.0. The van der Waals surface area contributed by atoms with Crippen LogP contribution in [0.4, 0.5) is 10.1 Å². The van der Waals surface area contributed by atoms with Gasteiger partial charge in [0.2, 0.25) is 15.9 Å². The maximum absolute atomic E-state index is 15.2. The van der Waals surface area contributed by atoms with Crippen molar-refractivity contribution in [3.63, 3.8) is 0 Å². The van der Waals surface area contributed by atoms with Gasteiger partial charge in [0, 0.05) is 41.5 Å². The first-order valence-corrected chi connectivity index (χ1v) is 14.7. The standard InChI is InChI=1S/C26H22FN3O5S2/c1-36(32,33)24-7-3-2-6-19(24)17-9-10-23(21(27)15-17)30-14-12-22(26(30)31)29-37(34,35)25-8-4-5-18-16-28-13-11-20(18)25/h2-11,13,15-16,22,29H,12,14H2,1H3. The van der Waals surface area contributed by atoms with Crippen LogP contribution in [0, 0.1) is 5.82 Å². The number of sulfonamides is 1. The van der Waals surface area contributed by atoms with Crippen molar-refractivity contribution >= 4 is 42.2 Å². The van der Waals surface area contributed by atoms with Crippen molar-refractivity contribution in [2.75, 3.05) is 17.7 Å². The molecule has 0 radical (unpaired) electrons. The number of hydrogen-bond donors (Lipinski definition) is 1. The molecule has 0 spiro atoms. The van der Waals surface area contributed by atoms with Crippen molar-refractivity contribution in [1.82, 2.24) is 9.71 Å². The predicted molar refractivity (Wildman–Crippen MR) is 138 cm³/mol. The fraction of sp³-hybridized carbons (Fsp3) is 0.154. The maximum Gasteiger partial charge on any atom is 0.245 e. The Morgan fingerprint density at radius 1 is 0.973 bits per heavy atom. The lowest BCUT2D eigenvalue weighted by Crippen LogP contribution is -2.41. The minimum atomic E-state index is -4.06. The molecule has 1 aliphatic heterocycles. The summed E-state index contributed by atoms with van der Waals surface area (Å²) in [4.78, 5) is 18.4. The molecule has 0 aliphatic carbocycles. The second-order valence-electron chi connectivity index (χ2n) is 8.74. The Bertz CT molecular complexity index is 1750. The maximum atomic E-state index is 15.2. The van der Waals surface area contributed by atoms with Crippen LogP contribution in [0.25, 0.3) is 21.9 Å². The normalized spacial score (nSPS) is 16.4. The molecule has 0 saturated carbocycles. The van der Waals surface area contributed by atoms with Gasteiger partial charge in [0.1, 0.15) is 11.9 Å². The van der Waals surface area contributed by atoms with E-state index >= 15 is 4.39 Å². The fourth-order valence-corrected chi connectivity index (χ4v) is 6.89. The van der Waals surface area contributed by atoms with E-state index in [1.807, 2.05) is 0 Å². The molecule has 8 nitrogen and oxygen atoms in total. The predicted octanol–water partition coefficient (Wildman–Crippen LogP) is 3.53. The van der Waals surface area contributed by atoms with Crippen LogP contribution in [0.15, 0.2) is 88.9 Å². The molecule has 1 aliphatic rings. The molecule has 37 heavy (non-hydrogen) atoms. The quantitative estimate of drug-likeness (QED) is 0.401. The molecule has 1 fully saturated rings. The molecular weight excluding hydrogens is 517 g/mol. The number of anilines is 1. The van der Waals surface area contributed by atoms with E-state index in [0.29, 0.717) is 21.9 Å². The van der Waals surface area contributed by atoms with E-state index in [-0.39, 0.29) is 28.4 Å². The number of fused-ring (bicyclic) bond motifs is 1. The molecule has 5 rings (SSSR count). The smallest absolute Gasteiger partial charge is 0.245 e. The lowest BCUT2D eigenvalue weighted by Gasteiger charge is -2.19. The van der Waals surface area contributed by atoms with Crippen LogP contribution in [0.2, 0.25) is 0 Å². The topological polar surface area (TPSA) is 114 Å².